The predicted molar refractivity (Wildman–Crippen MR) is 80.9 cm³/mol. The summed E-state index contributed by atoms with van der Waals surface area (Å²) in [5.74, 6) is 6.12. The van der Waals surface area contributed by atoms with Gasteiger partial charge in [0.25, 0.3) is 5.91 Å². The first-order valence-corrected chi connectivity index (χ1v) is 6.75. The van der Waals surface area contributed by atoms with E-state index in [0.717, 1.165) is 11.3 Å². The van der Waals surface area contributed by atoms with Crippen LogP contribution in [0.25, 0.3) is 10.9 Å². The van der Waals surface area contributed by atoms with Crippen LogP contribution in [0.5, 0.6) is 0 Å². The average molecular weight is 283 g/mol. The second kappa shape index (κ2) is 5.10. The molecule has 5 nitrogen and oxygen atoms in total. The van der Waals surface area contributed by atoms with Crippen molar-refractivity contribution in [1.29, 1.82) is 0 Å². The topological polar surface area (TPSA) is 73.2 Å². The van der Waals surface area contributed by atoms with Crippen LogP contribution in [0.15, 0.2) is 40.9 Å². The summed E-state index contributed by atoms with van der Waals surface area (Å²) < 4.78 is 7.75. The number of carbonyl (C=O) groups excluding carboxylic acids is 1. The molecule has 0 aliphatic rings. The van der Waals surface area contributed by atoms with Gasteiger partial charge in [0.1, 0.15) is 11.5 Å². The molecule has 0 spiro atoms. The van der Waals surface area contributed by atoms with Crippen molar-refractivity contribution >= 4 is 16.8 Å². The summed E-state index contributed by atoms with van der Waals surface area (Å²) in [5, 5.41) is 1.22. The van der Waals surface area contributed by atoms with Crippen molar-refractivity contribution in [3.05, 3.63) is 59.2 Å². The van der Waals surface area contributed by atoms with Gasteiger partial charge in [-0.15, -0.1) is 0 Å². The lowest BCUT2D eigenvalue weighted by molar-refractivity contribution is 0.0952. The SMILES string of the molecule is Cc1oc(Cn2ccc3c(C)cccc32)cc1C(=O)NN. The third kappa shape index (κ3) is 2.32. The molecule has 3 rings (SSSR count). The Balaban J connectivity index is 1.96. The van der Waals surface area contributed by atoms with E-state index in [9.17, 15) is 4.79 Å². The average Bonchev–Trinajstić information content (AvgIpc) is 3.04. The Hall–Kier alpha value is -2.53. The highest BCUT2D eigenvalue weighted by molar-refractivity contribution is 5.94. The second-order valence-corrected chi connectivity index (χ2v) is 5.11. The number of aryl methyl sites for hydroxylation is 2. The summed E-state index contributed by atoms with van der Waals surface area (Å²) in [5.41, 5.74) is 4.99. The number of amides is 1. The molecule has 1 amide bonds. The number of nitrogen functional groups attached to an aromatic ring is 1. The zero-order valence-electron chi connectivity index (χ0n) is 12.0. The van der Waals surface area contributed by atoms with Gasteiger partial charge in [0, 0.05) is 17.1 Å². The van der Waals surface area contributed by atoms with E-state index in [-0.39, 0.29) is 5.91 Å². The van der Waals surface area contributed by atoms with Gasteiger partial charge >= 0.3 is 0 Å². The largest absolute Gasteiger partial charge is 0.464 e. The van der Waals surface area contributed by atoms with Crippen LogP contribution in [0.2, 0.25) is 0 Å². The number of furan rings is 1. The molecule has 0 atom stereocenters. The minimum absolute atomic E-state index is 0.337. The van der Waals surface area contributed by atoms with E-state index in [1.807, 2.05) is 12.3 Å². The molecule has 0 saturated heterocycles. The van der Waals surface area contributed by atoms with Crippen LogP contribution in [-0.2, 0) is 6.54 Å². The molecular weight excluding hydrogens is 266 g/mol. The third-order valence-electron chi connectivity index (χ3n) is 3.70. The normalized spacial score (nSPS) is 11.0. The Morgan fingerprint density at radius 1 is 1.33 bits per heavy atom. The molecule has 0 aliphatic carbocycles. The molecule has 0 aliphatic heterocycles. The molecule has 0 unspecified atom stereocenters. The van der Waals surface area contributed by atoms with Crippen molar-refractivity contribution in [2.24, 2.45) is 5.84 Å². The Bertz CT molecular complexity index is 814. The quantitative estimate of drug-likeness (QED) is 0.440. The summed E-state index contributed by atoms with van der Waals surface area (Å²) in [6, 6.07) is 10.0. The number of hydrazine groups is 1. The zero-order valence-corrected chi connectivity index (χ0v) is 12.0. The number of nitrogens with zero attached hydrogens (tertiary/aromatic N) is 1. The van der Waals surface area contributed by atoms with Gasteiger partial charge in [-0.25, -0.2) is 5.84 Å². The molecule has 1 aromatic carbocycles. The second-order valence-electron chi connectivity index (χ2n) is 5.11. The van der Waals surface area contributed by atoms with E-state index in [1.54, 1.807) is 13.0 Å². The highest BCUT2D eigenvalue weighted by Gasteiger charge is 2.14. The van der Waals surface area contributed by atoms with Gasteiger partial charge in [-0.2, -0.15) is 0 Å². The van der Waals surface area contributed by atoms with Crippen LogP contribution in [0.4, 0.5) is 0 Å². The van der Waals surface area contributed by atoms with Gasteiger partial charge in [0.15, 0.2) is 0 Å². The van der Waals surface area contributed by atoms with Gasteiger partial charge in [-0.05, 0) is 37.6 Å². The molecule has 0 saturated carbocycles. The van der Waals surface area contributed by atoms with Crippen LogP contribution in [0, 0.1) is 13.8 Å². The highest BCUT2D eigenvalue weighted by Crippen LogP contribution is 2.22. The maximum Gasteiger partial charge on any atom is 0.268 e. The maximum atomic E-state index is 11.6. The van der Waals surface area contributed by atoms with E-state index < -0.39 is 0 Å². The van der Waals surface area contributed by atoms with Crippen LogP contribution in [-0.4, -0.2) is 10.5 Å². The molecule has 0 bridgehead atoms. The number of hydrogen-bond acceptors (Lipinski definition) is 3. The zero-order chi connectivity index (χ0) is 15.0. The van der Waals surface area contributed by atoms with Crippen molar-refractivity contribution < 1.29 is 9.21 Å². The van der Waals surface area contributed by atoms with Crippen molar-refractivity contribution in [2.75, 3.05) is 0 Å². The summed E-state index contributed by atoms with van der Waals surface area (Å²) in [6.07, 6.45) is 2.03. The van der Waals surface area contributed by atoms with Crippen LogP contribution < -0.4 is 11.3 Å². The minimum Gasteiger partial charge on any atom is -0.464 e. The standard InChI is InChI=1S/C16H17N3O2/c1-10-4-3-5-15-13(10)6-7-19(15)9-12-8-14(11(2)21-12)16(20)18-17/h3-8H,9,17H2,1-2H3,(H,18,20). The number of nitrogens with one attached hydrogen (secondary N) is 1. The number of hydrogen-bond donors (Lipinski definition) is 2. The number of fused-ring (bicyclic) bond motifs is 1. The van der Waals surface area contributed by atoms with E-state index in [1.165, 1.54) is 10.9 Å². The molecule has 0 radical (unpaired) electrons. The van der Waals surface area contributed by atoms with E-state index in [0.29, 0.717) is 17.9 Å². The van der Waals surface area contributed by atoms with Crippen molar-refractivity contribution in [2.45, 2.75) is 20.4 Å². The van der Waals surface area contributed by atoms with Crippen LogP contribution >= 0.6 is 0 Å². The minimum atomic E-state index is -0.337. The Labute approximate surface area is 122 Å². The van der Waals surface area contributed by atoms with E-state index in [4.69, 9.17) is 10.3 Å². The summed E-state index contributed by atoms with van der Waals surface area (Å²) in [7, 11) is 0. The summed E-state index contributed by atoms with van der Waals surface area (Å²) in [6.45, 7) is 4.42. The van der Waals surface area contributed by atoms with E-state index in [2.05, 4.69) is 35.1 Å². The van der Waals surface area contributed by atoms with E-state index >= 15 is 0 Å². The Morgan fingerprint density at radius 2 is 2.14 bits per heavy atom. The fraction of sp³-hybridized carbons (Fsp3) is 0.188. The molecule has 3 aromatic rings. The number of carbonyl (C=O) groups is 1. The number of nitrogens with two attached hydrogens (primary N) is 1. The Kier molecular flexibility index (Phi) is 3.27. The molecule has 21 heavy (non-hydrogen) atoms. The van der Waals surface area contributed by atoms with Crippen molar-refractivity contribution in [1.82, 2.24) is 9.99 Å². The third-order valence-corrected chi connectivity index (χ3v) is 3.70. The lowest BCUT2D eigenvalue weighted by Crippen LogP contribution is -2.30. The van der Waals surface area contributed by atoms with Gasteiger partial charge in [-0.1, -0.05) is 12.1 Å². The smallest absolute Gasteiger partial charge is 0.268 e. The molecule has 3 N–H and O–H groups in total. The number of rotatable bonds is 3. The van der Waals surface area contributed by atoms with Crippen molar-refractivity contribution in [3.63, 3.8) is 0 Å². The van der Waals surface area contributed by atoms with Gasteiger partial charge in [-0.3, -0.25) is 10.2 Å². The fourth-order valence-corrected chi connectivity index (χ4v) is 2.61. The van der Waals surface area contributed by atoms with Gasteiger partial charge in [0.05, 0.1) is 12.1 Å². The van der Waals surface area contributed by atoms with Crippen LogP contribution in [0.3, 0.4) is 0 Å². The lowest BCUT2D eigenvalue weighted by atomic mass is 10.1. The maximum absolute atomic E-state index is 11.6. The molecule has 5 heteroatoms. The van der Waals surface area contributed by atoms with Crippen LogP contribution in [0.1, 0.15) is 27.4 Å². The summed E-state index contributed by atoms with van der Waals surface area (Å²) >= 11 is 0. The summed E-state index contributed by atoms with van der Waals surface area (Å²) in [4.78, 5) is 11.6. The van der Waals surface area contributed by atoms with Gasteiger partial charge in [0.2, 0.25) is 0 Å². The van der Waals surface area contributed by atoms with Gasteiger partial charge < -0.3 is 8.98 Å². The Morgan fingerprint density at radius 3 is 2.90 bits per heavy atom. The molecular formula is C16H17N3O2. The molecule has 108 valence electrons. The predicted octanol–water partition coefficient (Wildman–Crippen LogP) is 2.50. The fourth-order valence-electron chi connectivity index (χ4n) is 2.61. The van der Waals surface area contributed by atoms with Crippen molar-refractivity contribution in [3.8, 4) is 0 Å². The first-order valence-electron chi connectivity index (χ1n) is 6.75. The molecule has 2 heterocycles. The number of aromatic nitrogens is 1. The number of benzene rings is 1. The first-order chi connectivity index (χ1) is 10.1. The molecule has 0 fully saturated rings. The molecule has 2 aromatic heterocycles. The highest BCUT2D eigenvalue weighted by atomic mass is 16.3. The first kappa shape index (κ1) is 13.5. The monoisotopic (exact) mass is 283 g/mol. The lowest BCUT2D eigenvalue weighted by Gasteiger charge is -2.03.